The predicted molar refractivity (Wildman–Crippen MR) is 87.6 cm³/mol. The Bertz CT molecular complexity index is 412. The van der Waals surface area contributed by atoms with Gasteiger partial charge in [0, 0.05) is 32.1 Å². The normalized spacial score (nSPS) is 15.7. The van der Waals surface area contributed by atoms with Crippen molar-refractivity contribution in [1.29, 1.82) is 0 Å². The summed E-state index contributed by atoms with van der Waals surface area (Å²) in [6.45, 7) is 10.5. The molecule has 22 heavy (non-hydrogen) atoms. The molecule has 1 saturated heterocycles. The summed E-state index contributed by atoms with van der Waals surface area (Å²) in [5, 5.41) is 3.39. The number of nitrogens with one attached hydrogen (secondary N) is 1. The number of morpholine rings is 1. The molecule has 1 aromatic rings. The molecular formula is C16H28N4O2. The van der Waals surface area contributed by atoms with Gasteiger partial charge < -0.3 is 14.8 Å². The summed E-state index contributed by atoms with van der Waals surface area (Å²) in [5.41, 5.74) is 0. The molecule has 1 fully saturated rings. The molecule has 0 atom stereocenters. The van der Waals surface area contributed by atoms with Crippen molar-refractivity contribution in [2.24, 2.45) is 0 Å². The quantitative estimate of drug-likeness (QED) is 0.704. The molecule has 0 bridgehead atoms. The first-order valence-electron chi connectivity index (χ1n) is 8.36. The van der Waals surface area contributed by atoms with Crippen molar-refractivity contribution in [3.63, 3.8) is 0 Å². The minimum absolute atomic E-state index is 0.624. The first-order chi connectivity index (χ1) is 10.8. The monoisotopic (exact) mass is 308 g/mol. The van der Waals surface area contributed by atoms with E-state index in [9.17, 15) is 0 Å². The first-order valence-corrected chi connectivity index (χ1v) is 8.36. The van der Waals surface area contributed by atoms with Crippen molar-refractivity contribution < 1.29 is 9.47 Å². The average molecular weight is 308 g/mol. The smallest absolute Gasteiger partial charge is 0.218 e. The molecule has 0 aliphatic carbocycles. The Kier molecular flexibility index (Phi) is 7.39. The van der Waals surface area contributed by atoms with E-state index in [2.05, 4.69) is 27.1 Å². The Hall–Kier alpha value is -1.40. The van der Waals surface area contributed by atoms with Crippen LogP contribution in [0.3, 0.4) is 0 Å². The zero-order valence-corrected chi connectivity index (χ0v) is 13.8. The largest absolute Gasteiger partial charge is 0.478 e. The van der Waals surface area contributed by atoms with Gasteiger partial charge in [-0.25, -0.2) is 4.98 Å². The van der Waals surface area contributed by atoms with Gasteiger partial charge in [0.25, 0.3) is 0 Å². The second kappa shape index (κ2) is 9.58. The number of aryl methyl sites for hydroxylation is 1. The van der Waals surface area contributed by atoms with Crippen LogP contribution in [0.5, 0.6) is 5.88 Å². The molecule has 1 aromatic heterocycles. The van der Waals surface area contributed by atoms with Crippen LogP contribution in [0.4, 0.5) is 5.82 Å². The summed E-state index contributed by atoms with van der Waals surface area (Å²) >= 11 is 0. The van der Waals surface area contributed by atoms with Crippen LogP contribution in [0.15, 0.2) is 6.07 Å². The minimum atomic E-state index is 0.624. The Morgan fingerprint density at radius 3 is 2.82 bits per heavy atom. The van der Waals surface area contributed by atoms with Gasteiger partial charge in [-0.15, -0.1) is 0 Å². The standard InChI is InChI=1S/C16H28N4O2/c1-3-6-14-18-15(13-16(19-14)22-4-2)17-7-5-8-20-9-11-21-12-10-20/h13H,3-12H2,1-2H3,(H,17,18,19). The van der Waals surface area contributed by atoms with E-state index in [1.807, 2.05) is 13.0 Å². The Morgan fingerprint density at radius 2 is 2.09 bits per heavy atom. The molecule has 6 nitrogen and oxygen atoms in total. The molecule has 0 amide bonds. The summed E-state index contributed by atoms with van der Waals surface area (Å²) in [5.74, 6) is 2.38. The molecule has 0 aromatic carbocycles. The second-order valence-corrected chi connectivity index (χ2v) is 5.43. The van der Waals surface area contributed by atoms with Gasteiger partial charge in [-0.1, -0.05) is 6.92 Å². The minimum Gasteiger partial charge on any atom is -0.478 e. The van der Waals surface area contributed by atoms with E-state index in [1.54, 1.807) is 0 Å². The lowest BCUT2D eigenvalue weighted by molar-refractivity contribution is 0.0378. The van der Waals surface area contributed by atoms with Crippen LogP contribution in [0.25, 0.3) is 0 Å². The number of anilines is 1. The van der Waals surface area contributed by atoms with Gasteiger partial charge in [-0.2, -0.15) is 4.98 Å². The Labute approximate surface area is 133 Å². The molecule has 6 heteroatoms. The highest BCUT2D eigenvalue weighted by Crippen LogP contribution is 2.14. The van der Waals surface area contributed by atoms with Crippen molar-refractivity contribution in [2.45, 2.75) is 33.1 Å². The molecule has 2 heterocycles. The molecule has 0 radical (unpaired) electrons. The lowest BCUT2D eigenvalue weighted by atomic mass is 10.3. The molecule has 2 rings (SSSR count). The van der Waals surface area contributed by atoms with Gasteiger partial charge in [0.15, 0.2) is 0 Å². The maximum Gasteiger partial charge on any atom is 0.218 e. The lowest BCUT2D eigenvalue weighted by Gasteiger charge is -2.26. The molecule has 1 N–H and O–H groups in total. The SMILES string of the molecule is CCCc1nc(NCCCN2CCOCC2)cc(OCC)n1. The lowest BCUT2D eigenvalue weighted by Crippen LogP contribution is -2.37. The summed E-state index contributed by atoms with van der Waals surface area (Å²) in [6.07, 6.45) is 3.01. The second-order valence-electron chi connectivity index (χ2n) is 5.43. The van der Waals surface area contributed by atoms with E-state index in [4.69, 9.17) is 9.47 Å². The Balaban J connectivity index is 1.79. The van der Waals surface area contributed by atoms with Crippen LogP contribution in [0.2, 0.25) is 0 Å². The van der Waals surface area contributed by atoms with Gasteiger partial charge in [0.2, 0.25) is 5.88 Å². The summed E-state index contributed by atoms with van der Waals surface area (Å²) in [7, 11) is 0. The van der Waals surface area contributed by atoms with Crippen LogP contribution in [0.1, 0.15) is 32.5 Å². The maximum absolute atomic E-state index is 5.52. The predicted octanol–water partition coefficient (Wildman–Crippen LogP) is 1.96. The average Bonchev–Trinajstić information content (AvgIpc) is 2.53. The highest BCUT2D eigenvalue weighted by molar-refractivity contribution is 5.38. The van der Waals surface area contributed by atoms with E-state index in [0.717, 1.165) is 70.3 Å². The van der Waals surface area contributed by atoms with Crippen molar-refractivity contribution in [3.8, 4) is 5.88 Å². The van der Waals surface area contributed by atoms with Crippen molar-refractivity contribution in [3.05, 3.63) is 11.9 Å². The third-order valence-corrected chi connectivity index (χ3v) is 3.58. The van der Waals surface area contributed by atoms with Crippen molar-refractivity contribution in [2.75, 3.05) is 51.3 Å². The summed E-state index contributed by atoms with van der Waals surface area (Å²) in [4.78, 5) is 11.4. The molecule has 124 valence electrons. The zero-order valence-electron chi connectivity index (χ0n) is 13.8. The van der Waals surface area contributed by atoms with E-state index in [-0.39, 0.29) is 0 Å². The van der Waals surface area contributed by atoms with Gasteiger partial charge in [0.05, 0.1) is 19.8 Å². The third-order valence-electron chi connectivity index (χ3n) is 3.58. The fourth-order valence-corrected chi connectivity index (χ4v) is 2.46. The van der Waals surface area contributed by atoms with Crippen molar-refractivity contribution >= 4 is 5.82 Å². The van der Waals surface area contributed by atoms with Gasteiger partial charge >= 0.3 is 0 Å². The number of rotatable bonds is 9. The zero-order chi connectivity index (χ0) is 15.6. The fraction of sp³-hybridized carbons (Fsp3) is 0.750. The highest BCUT2D eigenvalue weighted by atomic mass is 16.5. The summed E-state index contributed by atoms with van der Waals surface area (Å²) < 4.78 is 10.9. The summed E-state index contributed by atoms with van der Waals surface area (Å²) in [6, 6.07) is 1.89. The number of hydrogen-bond acceptors (Lipinski definition) is 6. The molecule has 0 spiro atoms. The van der Waals surface area contributed by atoms with E-state index in [0.29, 0.717) is 12.5 Å². The molecule has 0 unspecified atom stereocenters. The van der Waals surface area contributed by atoms with Crippen LogP contribution in [-0.2, 0) is 11.2 Å². The van der Waals surface area contributed by atoms with E-state index < -0.39 is 0 Å². The number of aromatic nitrogens is 2. The number of hydrogen-bond donors (Lipinski definition) is 1. The fourth-order valence-electron chi connectivity index (χ4n) is 2.46. The Morgan fingerprint density at radius 1 is 1.27 bits per heavy atom. The molecule has 0 saturated carbocycles. The third kappa shape index (κ3) is 5.77. The maximum atomic E-state index is 5.52. The van der Waals surface area contributed by atoms with Gasteiger partial charge in [0.1, 0.15) is 11.6 Å². The van der Waals surface area contributed by atoms with Gasteiger partial charge in [-0.05, 0) is 26.3 Å². The number of nitrogens with zero attached hydrogens (tertiary/aromatic N) is 3. The van der Waals surface area contributed by atoms with Crippen LogP contribution in [-0.4, -0.2) is 60.9 Å². The van der Waals surface area contributed by atoms with Gasteiger partial charge in [-0.3, -0.25) is 4.90 Å². The molecule has 1 aliphatic rings. The topological polar surface area (TPSA) is 59.5 Å². The molecule has 1 aliphatic heterocycles. The van der Waals surface area contributed by atoms with Crippen LogP contribution < -0.4 is 10.1 Å². The first kappa shape index (κ1) is 17.0. The number of ether oxygens (including phenoxy) is 2. The highest BCUT2D eigenvalue weighted by Gasteiger charge is 2.09. The van der Waals surface area contributed by atoms with E-state index >= 15 is 0 Å². The van der Waals surface area contributed by atoms with Crippen molar-refractivity contribution in [1.82, 2.24) is 14.9 Å². The van der Waals surface area contributed by atoms with Crippen LogP contribution >= 0.6 is 0 Å². The van der Waals surface area contributed by atoms with Crippen LogP contribution in [0, 0.1) is 0 Å². The van der Waals surface area contributed by atoms with E-state index in [1.165, 1.54) is 0 Å². The molecular weight excluding hydrogens is 280 g/mol.